The van der Waals surface area contributed by atoms with Crippen LogP contribution in [0.15, 0.2) is 12.2 Å². The maximum atomic E-state index is 10.0. The van der Waals surface area contributed by atoms with E-state index >= 15 is 0 Å². The number of allylic oxidation sites excluding steroid dienone is 1. The van der Waals surface area contributed by atoms with Gasteiger partial charge in [0, 0.05) is 12.1 Å². The summed E-state index contributed by atoms with van der Waals surface area (Å²) in [5, 5.41) is 7.10. The minimum Gasteiger partial charge on any atom is -0.305 e. The van der Waals surface area contributed by atoms with Gasteiger partial charge in [-0.25, -0.2) is 0 Å². The monoisotopic (exact) mass is 197 g/mol. The average Bonchev–Trinajstić information content (AvgIpc) is 2.05. The molecule has 0 aromatic carbocycles. The van der Waals surface area contributed by atoms with Crippen LogP contribution in [0, 0.1) is 5.41 Å². The van der Waals surface area contributed by atoms with Gasteiger partial charge in [-0.05, 0) is 32.3 Å². The number of carbonyl (C=O) groups excluding carboxylic acids is 1. The minimum absolute atomic E-state index is 0.289. The summed E-state index contributed by atoms with van der Waals surface area (Å²) in [7, 11) is 0. The third-order valence-electron chi connectivity index (χ3n) is 1.68. The smallest absolute Gasteiger partial charge is 0.129 e. The maximum Gasteiger partial charge on any atom is 0.129 e. The van der Waals surface area contributed by atoms with E-state index in [4.69, 9.17) is 5.41 Å². The predicted molar refractivity (Wildman–Crippen MR) is 63.0 cm³/mol. The van der Waals surface area contributed by atoms with E-state index in [1.807, 2.05) is 6.92 Å². The first-order valence-corrected chi connectivity index (χ1v) is 5.18. The quantitative estimate of drug-likeness (QED) is 0.670. The molecule has 0 aromatic rings. The summed E-state index contributed by atoms with van der Waals surface area (Å²) >= 11 is 0. The van der Waals surface area contributed by atoms with Gasteiger partial charge in [-0.3, -0.25) is 0 Å². The lowest BCUT2D eigenvalue weighted by atomic mass is 10.1. The summed E-state index contributed by atoms with van der Waals surface area (Å²) in [6.45, 7) is 11.2. The molecule has 0 aromatic heterocycles. The Bertz CT molecular complexity index is 194. The molecular formula is C12H23NO. The number of hydrogen-bond acceptors (Lipinski definition) is 2. The Hall–Kier alpha value is -0.920. The van der Waals surface area contributed by atoms with Gasteiger partial charge in [0.2, 0.25) is 0 Å². The fourth-order valence-electron chi connectivity index (χ4n) is 0.841. The molecule has 0 aliphatic heterocycles. The molecule has 0 aliphatic carbocycles. The number of hydrogen-bond donors (Lipinski definition) is 1. The van der Waals surface area contributed by atoms with Crippen LogP contribution in [0.2, 0.25) is 0 Å². The lowest BCUT2D eigenvalue weighted by Gasteiger charge is -1.97. The lowest BCUT2D eigenvalue weighted by Crippen LogP contribution is -1.91. The molecule has 0 saturated heterocycles. The standard InChI is InChI=1S/C7H13N.C5H10O/c1-4-5-6(2)7(3)8;1-3-4-5(2)6/h8H,2,4-5H2,1,3H3;3-4H2,1-2H3. The third kappa shape index (κ3) is 13.7. The van der Waals surface area contributed by atoms with E-state index in [1.165, 1.54) is 0 Å². The predicted octanol–water partition coefficient (Wildman–Crippen LogP) is 3.76. The molecule has 0 unspecified atom stereocenters. The second-order valence-electron chi connectivity index (χ2n) is 3.43. The summed E-state index contributed by atoms with van der Waals surface area (Å²) in [6.07, 6.45) is 3.78. The highest BCUT2D eigenvalue weighted by atomic mass is 16.1. The average molecular weight is 197 g/mol. The first kappa shape index (κ1) is 15.5. The van der Waals surface area contributed by atoms with E-state index in [0.29, 0.717) is 5.71 Å². The van der Waals surface area contributed by atoms with Crippen LogP contribution in [-0.2, 0) is 4.79 Å². The van der Waals surface area contributed by atoms with Gasteiger partial charge >= 0.3 is 0 Å². The van der Waals surface area contributed by atoms with Crippen molar-refractivity contribution in [2.24, 2.45) is 0 Å². The van der Waals surface area contributed by atoms with Crippen LogP contribution < -0.4 is 0 Å². The minimum atomic E-state index is 0.289. The van der Waals surface area contributed by atoms with Gasteiger partial charge in [-0.1, -0.05) is 26.8 Å². The van der Waals surface area contributed by atoms with Gasteiger partial charge in [0.1, 0.15) is 5.78 Å². The first-order valence-electron chi connectivity index (χ1n) is 5.18. The van der Waals surface area contributed by atoms with Gasteiger partial charge in [-0.2, -0.15) is 0 Å². The third-order valence-corrected chi connectivity index (χ3v) is 1.68. The summed E-state index contributed by atoms with van der Waals surface area (Å²) in [6, 6.07) is 0. The van der Waals surface area contributed by atoms with Crippen LogP contribution in [0.3, 0.4) is 0 Å². The molecule has 82 valence electrons. The van der Waals surface area contributed by atoms with Gasteiger partial charge in [0.05, 0.1) is 0 Å². The van der Waals surface area contributed by atoms with Crippen LogP contribution in [0.5, 0.6) is 0 Å². The molecule has 0 rings (SSSR count). The molecule has 0 radical (unpaired) electrons. The fourth-order valence-corrected chi connectivity index (χ4v) is 0.841. The second-order valence-corrected chi connectivity index (χ2v) is 3.43. The van der Waals surface area contributed by atoms with Crippen molar-refractivity contribution in [2.45, 2.75) is 53.4 Å². The Kier molecular flexibility index (Phi) is 11.3. The van der Waals surface area contributed by atoms with Gasteiger partial charge in [0.25, 0.3) is 0 Å². The van der Waals surface area contributed by atoms with Gasteiger partial charge in [0.15, 0.2) is 0 Å². The zero-order valence-corrected chi connectivity index (χ0v) is 9.94. The van der Waals surface area contributed by atoms with E-state index in [9.17, 15) is 4.79 Å². The van der Waals surface area contributed by atoms with Crippen LogP contribution >= 0.6 is 0 Å². The van der Waals surface area contributed by atoms with Crippen LogP contribution in [0.1, 0.15) is 53.4 Å². The summed E-state index contributed by atoms with van der Waals surface area (Å²) in [5.74, 6) is 0.289. The Morgan fingerprint density at radius 2 is 1.57 bits per heavy atom. The van der Waals surface area contributed by atoms with E-state index in [-0.39, 0.29) is 5.78 Å². The van der Waals surface area contributed by atoms with Crippen molar-refractivity contribution in [2.75, 3.05) is 0 Å². The van der Waals surface area contributed by atoms with Crippen molar-refractivity contribution in [1.29, 1.82) is 5.41 Å². The Morgan fingerprint density at radius 1 is 1.14 bits per heavy atom. The van der Waals surface area contributed by atoms with Crippen molar-refractivity contribution in [3.05, 3.63) is 12.2 Å². The molecule has 0 fully saturated rings. The van der Waals surface area contributed by atoms with Crippen LogP contribution in [-0.4, -0.2) is 11.5 Å². The zero-order chi connectivity index (χ0) is 11.6. The number of rotatable bonds is 5. The van der Waals surface area contributed by atoms with Crippen LogP contribution in [0.4, 0.5) is 0 Å². The Balaban J connectivity index is 0. The highest BCUT2D eigenvalue weighted by molar-refractivity contribution is 5.94. The molecule has 0 amide bonds. The highest BCUT2D eigenvalue weighted by Crippen LogP contribution is 2.01. The molecule has 0 saturated carbocycles. The summed E-state index contributed by atoms with van der Waals surface area (Å²) in [5.41, 5.74) is 1.58. The lowest BCUT2D eigenvalue weighted by molar-refractivity contribution is -0.117. The molecule has 0 spiro atoms. The Labute approximate surface area is 87.9 Å². The fraction of sp³-hybridized carbons (Fsp3) is 0.667. The Morgan fingerprint density at radius 3 is 1.64 bits per heavy atom. The topological polar surface area (TPSA) is 40.9 Å². The van der Waals surface area contributed by atoms with Gasteiger partial charge < -0.3 is 10.2 Å². The largest absolute Gasteiger partial charge is 0.305 e. The molecule has 1 N–H and O–H groups in total. The first-order chi connectivity index (χ1) is 6.45. The highest BCUT2D eigenvalue weighted by Gasteiger charge is 1.91. The van der Waals surface area contributed by atoms with E-state index < -0.39 is 0 Å². The van der Waals surface area contributed by atoms with Crippen molar-refractivity contribution in [1.82, 2.24) is 0 Å². The zero-order valence-electron chi connectivity index (χ0n) is 9.94. The normalized spacial score (nSPS) is 8.57. The van der Waals surface area contributed by atoms with Crippen molar-refractivity contribution in [3.8, 4) is 0 Å². The van der Waals surface area contributed by atoms with Crippen molar-refractivity contribution < 1.29 is 4.79 Å². The number of carbonyl (C=O) groups is 1. The summed E-state index contributed by atoms with van der Waals surface area (Å²) in [4.78, 5) is 10.0. The molecule has 0 heterocycles. The molecule has 0 aliphatic rings. The van der Waals surface area contributed by atoms with E-state index in [2.05, 4.69) is 13.5 Å². The van der Waals surface area contributed by atoms with Gasteiger partial charge in [-0.15, -0.1) is 0 Å². The van der Waals surface area contributed by atoms with E-state index in [1.54, 1.807) is 13.8 Å². The molecule has 14 heavy (non-hydrogen) atoms. The number of nitrogens with one attached hydrogen (secondary N) is 1. The van der Waals surface area contributed by atoms with Crippen molar-refractivity contribution in [3.63, 3.8) is 0 Å². The number of ketones is 1. The number of Topliss-reactive ketones (excluding diaryl/α,β-unsaturated/α-hetero) is 1. The maximum absolute atomic E-state index is 10.0. The van der Waals surface area contributed by atoms with Crippen LogP contribution in [0.25, 0.3) is 0 Å². The van der Waals surface area contributed by atoms with Crippen molar-refractivity contribution >= 4 is 11.5 Å². The van der Waals surface area contributed by atoms with E-state index in [0.717, 1.165) is 31.3 Å². The molecule has 2 nitrogen and oxygen atoms in total. The molecule has 0 bridgehead atoms. The summed E-state index contributed by atoms with van der Waals surface area (Å²) < 4.78 is 0. The molecular weight excluding hydrogens is 174 g/mol. The molecule has 2 heteroatoms. The molecule has 0 atom stereocenters. The second kappa shape index (κ2) is 10.2. The SMILES string of the molecule is C=C(CCC)C(C)=N.CCCC(C)=O.